The van der Waals surface area contributed by atoms with Gasteiger partial charge in [0.05, 0.1) is 17.2 Å². The van der Waals surface area contributed by atoms with E-state index in [0.29, 0.717) is 11.5 Å². The van der Waals surface area contributed by atoms with E-state index in [4.69, 9.17) is 4.74 Å². The highest BCUT2D eigenvalue weighted by atomic mass is 19.4. The normalized spacial score (nSPS) is 12.3. The van der Waals surface area contributed by atoms with Gasteiger partial charge in [0, 0.05) is 6.54 Å². The first-order chi connectivity index (χ1) is 13.8. The van der Waals surface area contributed by atoms with Crippen LogP contribution >= 0.6 is 0 Å². The average molecular weight is 401 g/mol. The van der Waals surface area contributed by atoms with Gasteiger partial charge in [-0.2, -0.15) is 13.2 Å². The highest BCUT2D eigenvalue weighted by Gasteiger charge is 2.30. The molecular formula is C22H18F3NO3. The molecule has 0 fully saturated rings. The van der Waals surface area contributed by atoms with Crippen molar-refractivity contribution in [3.8, 4) is 11.5 Å². The van der Waals surface area contributed by atoms with Gasteiger partial charge in [0.1, 0.15) is 11.5 Å². The van der Waals surface area contributed by atoms with Crippen molar-refractivity contribution in [1.29, 1.82) is 0 Å². The fourth-order valence-corrected chi connectivity index (χ4v) is 2.66. The van der Waals surface area contributed by atoms with Crippen LogP contribution in [0.25, 0.3) is 0 Å². The molecule has 3 aromatic rings. The molecule has 0 bridgehead atoms. The van der Waals surface area contributed by atoms with Gasteiger partial charge < -0.3 is 15.2 Å². The topological polar surface area (TPSA) is 58.6 Å². The second-order valence-corrected chi connectivity index (χ2v) is 6.26. The summed E-state index contributed by atoms with van der Waals surface area (Å²) >= 11 is 0. The van der Waals surface area contributed by atoms with Gasteiger partial charge in [-0.05, 0) is 42.0 Å². The van der Waals surface area contributed by atoms with Gasteiger partial charge in [-0.25, -0.2) is 0 Å². The predicted octanol–water partition coefficient (Wildman–Crippen LogP) is 4.96. The van der Waals surface area contributed by atoms with Gasteiger partial charge in [-0.3, -0.25) is 4.79 Å². The molecule has 3 aromatic carbocycles. The van der Waals surface area contributed by atoms with Crippen molar-refractivity contribution in [2.75, 3.05) is 6.54 Å². The Balaban J connectivity index is 1.65. The minimum Gasteiger partial charge on any atom is -0.457 e. The standard InChI is InChI=1S/C22H18F3NO3/c23-22(24,25)16-12-10-15(11-13-16)19(27)14-26-21(28)18-8-4-5-9-20(18)29-17-6-2-1-3-7-17/h1-13,19,27H,14H2,(H,26,28). The lowest BCUT2D eigenvalue weighted by Gasteiger charge is -2.15. The third-order valence-corrected chi connectivity index (χ3v) is 4.18. The molecule has 0 aliphatic carbocycles. The van der Waals surface area contributed by atoms with Crippen LogP contribution in [0.4, 0.5) is 13.2 Å². The monoisotopic (exact) mass is 401 g/mol. The molecule has 0 spiro atoms. The SMILES string of the molecule is O=C(NCC(O)c1ccc(C(F)(F)F)cc1)c1ccccc1Oc1ccccc1. The summed E-state index contributed by atoms with van der Waals surface area (Å²) in [6, 6.07) is 19.7. The first-order valence-electron chi connectivity index (χ1n) is 8.80. The van der Waals surface area contributed by atoms with Crippen molar-refractivity contribution in [3.63, 3.8) is 0 Å². The summed E-state index contributed by atoms with van der Waals surface area (Å²) in [6.45, 7) is -0.163. The number of ether oxygens (including phenoxy) is 1. The largest absolute Gasteiger partial charge is 0.457 e. The summed E-state index contributed by atoms with van der Waals surface area (Å²) < 4.78 is 43.6. The molecule has 4 nitrogen and oxygen atoms in total. The van der Waals surface area contributed by atoms with Crippen LogP contribution in [0.15, 0.2) is 78.9 Å². The molecule has 0 aliphatic heterocycles. The average Bonchev–Trinajstić information content (AvgIpc) is 2.72. The Hall–Kier alpha value is -3.32. The molecule has 7 heteroatoms. The van der Waals surface area contributed by atoms with E-state index in [1.54, 1.807) is 48.5 Å². The summed E-state index contributed by atoms with van der Waals surface area (Å²) in [5.74, 6) is 0.445. The fourth-order valence-electron chi connectivity index (χ4n) is 2.66. The summed E-state index contributed by atoms with van der Waals surface area (Å²) in [5, 5.41) is 12.8. The molecule has 150 valence electrons. The second kappa shape index (κ2) is 8.79. The van der Waals surface area contributed by atoms with Crippen molar-refractivity contribution in [3.05, 3.63) is 95.6 Å². The smallest absolute Gasteiger partial charge is 0.416 e. The van der Waals surface area contributed by atoms with E-state index in [-0.39, 0.29) is 17.7 Å². The minimum atomic E-state index is -4.44. The number of carbonyl (C=O) groups excluding carboxylic acids is 1. The van der Waals surface area contributed by atoms with E-state index in [0.717, 1.165) is 12.1 Å². The molecule has 0 aromatic heterocycles. The molecule has 0 radical (unpaired) electrons. The van der Waals surface area contributed by atoms with Crippen molar-refractivity contribution < 1.29 is 27.8 Å². The third kappa shape index (κ3) is 5.36. The molecule has 3 rings (SSSR count). The number of aliphatic hydroxyl groups excluding tert-OH is 1. The molecule has 1 atom stereocenters. The Morgan fingerprint density at radius 3 is 2.21 bits per heavy atom. The van der Waals surface area contributed by atoms with Crippen LogP contribution in [-0.2, 0) is 6.18 Å². The van der Waals surface area contributed by atoms with Crippen LogP contribution in [-0.4, -0.2) is 17.6 Å². The molecular weight excluding hydrogens is 383 g/mol. The lowest BCUT2D eigenvalue weighted by Crippen LogP contribution is -2.28. The molecule has 1 amide bonds. The Kier molecular flexibility index (Phi) is 6.19. The zero-order chi connectivity index (χ0) is 20.9. The maximum absolute atomic E-state index is 12.6. The van der Waals surface area contributed by atoms with Gasteiger partial charge in [0.15, 0.2) is 0 Å². The van der Waals surface area contributed by atoms with Gasteiger partial charge >= 0.3 is 6.18 Å². The Bertz CT molecular complexity index is 957. The maximum atomic E-state index is 12.6. The van der Waals surface area contributed by atoms with Crippen LogP contribution in [0.3, 0.4) is 0 Å². The van der Waals surface area contributed by atoms with E-state index in [9.17, 15) is 23.1 Å². The Morgan fingerprint density at radius 1 is 0.931 bits per heavy atom. The lowest BCUT2D eigenvalue weighted by molar-refractivity contribution is -0.137. The maximum Gasteiger partial charge on any atom is 0.416 e. The van der Waals surface area contributed by atoms with Crippen LogP contribution in [0, 0.1) is 0 Å². The number of alkyl halides is 3. The quantitative estimate of drug-likeness (QED) is 0.614. The summed E-state index contributed by atoms with van der Waals surface area (Å²) in [5.41, 5.74) is -0.257. The van der Waals surface area contributed by atoms with Crippen molar-refractivity contribution in [2.45, 2.75) is 12.3 Å². The molecule has 1 unspecified atom stereocenters. The van der Waals surface area contributed by atoms with Gasteiger partial charge in [-0.15, -0.1) is 0 Å². The third-order valence-electron chi connectivity index (χ3n) is 4.18. The van der Waals surface area contributed by atoms with E-state index in [2.05, 4.69) is 5.32 Å². The number of hydrogen-bond donors (Lipinski definition) is 2. The Morgan fingerprint density at radius 2 is 1.55 bits per heavy atom. The molecule has 2 N–H and O–H groups in total. The zero-order valence-electron chi connectivity index (χ0n) is 15.2. The number of para-hydroxylation sites is 2. The summed E-state index contributed by atoms with van der Waals surface area (Å²) in [4.78, 5) is 12.5. The number of amides is 1. The zero-order valence-corrected chi connectivity index (χ0v) is 15.2. The number of halogens is 3. The van der Waals surface area contributed by atoms with Crippen molar-refractivity contribution >= 4 is 5.91 Å². The molecule has 0 saturated heterocycles. The number of carbonyl (C=O) groups is 1. The van der Waals surface area contributed by atoms with E-state index in [1.165, 1.54) is 12.1 Å². The van der Waals surface area contributed by atoms with E-state index < -0.39 is 23.8 Å². The number of rotatable bonds is 6. The van der Waals surface area contributed by atoms with Crippen LogP contribution in [0.5, 0.6) is 11.5 Å². The molecule has 0 aliphatic rings. The first kappa shape index (κ1) is 20.4. The van der Waals surface area contributed by atoms with Crippen LogP contribution in [0.1, 0.15) is 27.6 Å². The lowest BCUT2D eigenvalue weighted by atomic mass is 10.1. The molecule has 0 saturated carbocycles. The second-order valence-electron chi connectivity index (χ2n) is 6.26. The van der Waals surface area contributed by atoms with Crippen LogP contribution < -0.4 is 10.1 Å². The predicted molar refractivity (Wildman–Crippen MR) is 102 cm³/mol. The van der Waals surface area contributed by atoms with Gasteiger partial charge in [0.25, 0.3) is 5.91 Å². The number of nitrogens with one attached hydrogen (secondary N) is 1. The van der Waals surface area contributed by atoms with E-state index in [1.807, 2.05) is 6.07 Å². The molecule has 0 heterocycles. The summed E-state index contributed by atoms with van der Waals surface area (Å²) in [6.07, 6.45) is -5.59. The summed E-state index contributed by atoms with van der Waals surface area (Å²) in [7, 11) is 0. The number of benzene rings is 3. The van der Waals surface area contributed by atoms with Crippen LogP contribution in [0.2, 0.25) is 0 Å². The highest BCUT2D eigenvalue weighted by molar-refractivity contribution is 5.97. The fraction of sp³-hybridized carbons (Fsp3) is 0.136. The van der Waals surface area contributed by atoms with Crippen molar-refractivity contribution in [1.82, 2.24) is 5.32 Å². The minimum absolute atomic E-state index is 0.163. The Labute approximate surface area is 165 Å². The van der Waals surface area contributed by atoms with Gasteiger partial charge in [0.2, 0.25) is 0 Å². The van der Waals surface area contributed by atoms with E-state index >= 15 is 0 Å². The van der Waals surface area contributed by atoms with Crippen molar-refractivity contribution in [2.24, 2.45) is 0 Å². The number of hydrogen-bond acceptors (Lipinski definition) is 3. The first-order valence-corrected chi connectivity index (χ1v) is 8.80. The molecule has 29 heavy (non-hydrogen) atoms. The van der Waals surface area contributed by atoms with Gasteiger partial charge in [-0.1, -0.05) is 42.5 Å². The highest BCUT2D eigenvalue weighted by Crippen LogP contribution is 2.30. The number of aliphatic hydroxyl groups is 1.